The van der Waals surface area contributed by atoms with Gasteiger partial charge < -0.3 is 15.7 Å². The number of hydrogen-bond acceptors (Lipinski definition) is 7. The molecule has 3 heterocycles. The molecular formula is C21H24FN7O2. The van der Waals surface area contributed by atoms with Crippen molar-refractivity contribution in [2.24, 2.45) is 0 Å². The number of hydrogen-bond donors (Lipinski definition) is 3. The highest BCUT2D eigenvalue weighted by molar-refractivity contribution is 5.99. The summed E-state index contributed by atoms with van der Waals surface area (Å²) in [5, 5.41) is 29.1. The van der Waals surface area contributed by atoms with Crippen LogP contribution in [0.3, 0.4) is 0 Å². The van der Waals surface area contributed by atoms with Crippen LogP contribution in [0.25, 0.3) is 16.9 Å². The summed E-state index contributed by atoms with van der Waals surface area (Å²) in [6, 6.07) is 5.39. The van der Waals surface area contributed by atoms with Gasteiger partial charge in [0.1, 0.15) is 23.6 Å². The molecular weight excluding hydrogens is 401 g/mol. The number of alkyl halides is 1. The van der Waals surface area contributed by atoms with E-state index in [2.05, 4.69) is 25.7 Å². The molecule has 0 radical (unpaired) electrons. The second kappa shape index (κ2) is 8.65. The van der Waals surface area contributed by atoms with Crippen LogP contribution in [0.1, 0.15) is 43.6 Å². The van der Waals surface area contributed by atoms with Gasteiger partial charge in [0.2, 0.25) is 0 Å². The Balaban J connectivity index is 2.00. The average molecular weight is 425 g/mol. The van der Waals surface area contributed by atoms with Crippen molar-refractivity contribution in [1.82, 2.24) is 24.9 Å². The van der Waals surface area contributed by atoms with Gasteiger partial charge in [-0.1, -0.05) is 0 Å². The van der Waals surface area contributed by atoms with E-state index in [1.54, 1.807) is 18.3 Å². The van der Waals surface area contributed by atoms with Gasteiger partial charge in [-0.3, -0.25) is 9.78 Å². The second-order valence-corrected chi connectivity index (χ2v) is 8.02. The van der Waals surface area contributed by atoms with Crippen molar-refractivity contribution < 1.29 is 14.3 Å². The molecule has 1 atom stereocenters. The molecule has 0 saturated heterocycles. The summed E-state index contributed by atoms with van der Waals surface area (Å²) >= 11 is 0. The summed E-state index contributed by atoms with van der Waals surface area (Å²) in [5.74, 6) is -0.151. The molecule has 0 aliphatic heterocycles. The van der Waals surface area contributed by atoms with E-state index >= 15 is 0 Å². The van der Waals surface area contributed by atoms with Crippen molar-refractivity contribution in [2.45, 2.75) is 45.5 Å². The van der Waals surface area contributed by atoms with Crippen LogP contribution in [0.2, 0.25) is 0 Å². The quantitative estimate of drug-likeness (QED) is 0.530. The van der Waals surface area contributed by atoms with Crippen LogP contribution >= 0.6 is 0 Å². The van der Waals surface area contributed by atoms with E-state index in [0.29, 0.717) is 28.3 Å². The molecule has 0 aliphatic rings. The second-order valence-electron chi connectivity index (χ2n) is 8.02. The Hall–Kier alpha value is -3.58. The molecule has 3 rings (SSSR count). The Morgan fingerprint density at radius 2 is 2.06 bits per heavy atom. The Kier molecular flexibility index (Phi) is 6.17. The van der Waals surface area contributed by atoms with E-state index in [-0.39, 0.29) is 18.2 Å². The van der Waals surface area contributed by atoms with E-state index in [1.165, 1.54) is 30.8 Å². The van der Waals surface area contributed by atoms with E-state index < -0.39 is 17.7 Å². The lowest BCUT2D eigenvalue weighted by Crippen LogP contribution is -2.42. The number of amides is 1. The Labute approximate surface area is 178 Å². The Morgan fingerprint density at radius 3 is 2.71 bits per heavy atom. The number of nitrogens with one attached hydrogen (secondary N) is 2. The zero-order valence-electron chi connectivity index (χ0n) is 17.7. The highest BCUT2D eigenvalue weighted by atomic mass is 19.1. The lowest BCUT2D eigenvalue weighted by Gasteiger charge is -2.22. The molecule has 3 aromatic rings. The zero-order valence-corrected chi connectivity index (χ0v) is 17.7. The van der Waals surface area contributed by atoms with Crippen molar-refractivity contribution in [3.05, 3.63) is 41.9 Å². The van der Waals surface area contributed by atoms with Crippen LogP contribution < -0.4 is 10.6 Å². The highest BCUT2D eigenvalue weighted by Gasteiger charge is 2.27. The number of nitrogens with zero attached hydrogens (tertiary/aromatic N) is 5. The van der Waals surface area contributed by atoms with Gasteiger partial charge in [-0.2, -0.15) is 14.9 Å². The summed E-state index contributed by atoms with van der Waals surface area (Å²) < 4.78 is 15.6. The minimum atomic E-state index is -1.63. The van der Waals surface area contributed by atoms with E-state index in [0.717, 1.165) is 0 Å². The molecule has 0 bridgehead atoms. The molecule has 0 spiro atoms. The van der Waals surface area contributed by atoms with Crippen molar-refractivity contribution in [1.29, 1.82) is 5.26 Å². The van der Waals surface area contributed by atoms with E-state index in [1.807, 2.05) is 19.9 Å². The first-order valence-electron chi connectivity index (χ1n) is 9.75. The fourth-order valence-electron chi connectivity index (χ4n) is 2.82. The van der Waals surface area contributed by atoms with Crippen molar-refractivity contribution in [3.8, 4) is 17.3 Å². The first kappa shape index (κ1) is 22.1. The largest absolute Gasteiger partial charge is 0.387 e. The molecule has 3 aromatic heterocycles. The van der Waals surface area contributed by atoms with Gasteiger partial charge in [-0.25, -0.2) is 9.37 Å². The number of fused-ring (bicyclic) bond motifs is 1. The maximum absolute atomic E-state index is 14.1. The topological polar surface area (TPSA) is 128 Å². The van der Waals surface area contributed by atoms with Gasteiger partial charge in [0.25, 0.3) is 5.91 Å². The summed E-state index contributed by atoms with van der Waals surface area (Å²) in [6.45, 7) is 6.14. The van der Waals surface area contributed by atoms with Crippen molar-refractivity contribution in [2.75, 3.05) is 11.9 Å². The standard InChI is InChI=1S/C21H24FN7O2/c1-12(2)27-19-15(20(30)26-11-17(22)21(3,4)31)10-25-18-6-16(28-29(18)19)14-5-13(7-23)8-24-9-14/h5-6,8-10,12,17,27,31H,11H2,1-4H3,(H,26,30). The van der Waals surface area contributed by atoms with Crippen molar-refractivity contribution >= 4 is 17.4 Å². The SMILES string of the molecule is CC(C)Nc1c(C(=O)NCC(F)C(C)(C)O)cnc2cc(-c3cncc(C#N)c3)nn12. The normalized spacial score (nSPS) is 12.6. The predicted molar refractivity (Wildman–Crippen MR) is 113 cm³/mol. The summed E-state index contributed by atoms with van der Waals surface area (Å²) in [4.78, 5) is 21.1. The number of halogens is 1. The van der Waals surface area contributed by atoms with Crippen LogP contribution in [-0.2, 0) is 0 Å². The first-order valence-corrected chi connectivity index (χ1v) is 9.75. The molecule has 3 N–H and O–H groups in total. The highest BCUT2D eigenvalue weighted by Crippen LogP contribution is 2.24. The zero-order chi connectivity index (χ0) is 22.8. The predicted octanol–water partition coefficient (Wildman–Crippen LogP) is 2.32. The van der Waals surface area contributed by atoms with Gasteiger partial charge in [0.15, 0.2) is 5.65 Å². The number of anilines is 1. The van der Waals surface area contributed by atoms with Gasteiger partial charge >= 0.3 is 0 Å². The lowest BCUT2D eigenvalue weighted by atomic mass is 10.0. The summed E-state index contributed by atoms with van der Waals surface area (Å²) in [5.41, 5.74) is 0.663. The Morgan fingerprint density at radius 1 is 1.32 bits per heavy atom. The summed E-state index contributed by atoms with van der Waals surface area (Å²) in [7, 11) is 0. The first-order chi connectivity index (χ1) is 14.6. The minimum absolute atomic E-state index is 0.0290. The van der Waals surface area contributed by atoms with Gasteiger partial charge in [-0.05, 0) is 33.8 Å². The third-order valence-electron chi connectivity index (χ3n) is 4.52. The lowest BCUT2D eigenvalue weighted by molar-refractivity contribution is -0.00177. The van der Waals surface area contributed by atoms with Crippen LogP contribution in [0.15, 0.2) is 30.7 Å². The van der Waals surface area contributed by atoms with Gasteiger partial charge in [0.05, 0.1) is 23.4 Å². The Bertz CT molecular complexity index is 1140. The molecule has 0 aromatic carbocycles. The molecule has 0 saturated carbocycles. The maximum Gasteiger partial charge on any atom is 0.256 e. The third-order valence-corrected chi connectivity index (χ3v) is 4.52. The maximum atomic E-state index is 14.1. The fourth-order valence-corrected chi connectivity index (χ4v) is 2.82. The van der Waals surface area contributed by atoms with Crippen LogP contribution in [0.5, 0.6) is 0 Å². The molecule has 162 valence electrons. The molecule has 1 amide bonds. The number of pyridine rings is 1. The van der Waals surface area contributed by atoms with Crippen LogP contribution in [0.4, 0.5) is 10.2 Å². The minimum Gasteiger partial charge on any atom is -0.387 e. The average Bonchev–Trinajstić information content (AvgIpc) is 3.16. The number of aliphatic hydroxyl groups is 1. The molecule has 10 heteroatoms. The molecule has 9 nitrogen and oxygen atoms in total. The molecule has 0 fully saturated rings. The third kappa shape index (κ3) is 4.95. The smallest absolute Gasteiger partial charge is 0.256 e. The van der Waals surface area contributed by atoms with Gasteiger partial charge in [-0.15, -0.1) is 0 Å². The van der Waals surface area contributed by atoms with E-state index in [4.69, 9.17) is 5.26 Å². The van der Waals surface area contributed by atoms with Gasteiger partial charge in [0, 0.05) is 36.3 Å². The van der Waals surface area contributed by atoms with Crippen LogP contribution in [0, 0.1) is 11.3 Å². The number of aromatic nitrogens is 4. The number of carbonyl (C=O) groups excluding carboxylic acids is 1. The number of nitriles is 1. The van der Waals surface area contributed by atoms with E-state index in [9.17, 15) is 14.3 Å². The fraction of sp³-hybridized carbons (Fsp3) is 0.381. The number of carbonyl (C=O) groups is 1. The molecule has 1 unspecified atom stereocenters. The number of rotatable bonds is 7. The monoisotopic (exact) mass is 425 g/mol. The summed E-state index contributed by atoms with van der Waals surface area (Å²) in [6.07, 6.45) is 2.80. The molecule has 31 heavy (non-hydrogen) atoms. The molecule has 0 aliphatic carbocycles. The van der Waals surface area contributed by atoms with Crippen LogP contribution in [-0.4, -0.2) is 55.0 Å². The van der Waals surface area contributed by atoms with Crippen molar-refractivity contribution in [3.63, 3.8) is 0 Å².